The third-order valence-corrected chi connectivity index (χ3v) is 6.58. The summed E-state index contributed by atoms with van der Waals surface area (Å²) < 4.78 is 12.6. The van der Waals surface area contributed by atoms with Gasteiger partial charge in [0.25, 0.3) is 0 Å². The van der Waals surface area contributed by atoms with Crippen molar-refractivity contribution in [3.8, 4) is 0 Å². The van der Waals surface area contributed by atoms with E-state index in [1.54, 1.807) is 24.6 Å². The lowest BCUT2D eigenvalue weighted by atomic mass is 10.0. The fourth-order valence-corrected chi connectivity index (χ4v) is 4.98. The van der Waals surface area contributed by atoms with E-state index in [2.05, 4.69) is 26.3 Å². The molecule has 1 saturated heterocycles. The Labute approximate surface area is 218 Å². The van der Waals surface area contributed by atoms with Gasteiger partial charge in [-0.15, -0.1) is 0 Å². The Hall–Kier alpha value is -3.66. The van der Waals surface area contributed by atoms with Gasteiger partial charge < -0.3 is 29.3 Å². The van der Waals surface area contributed by atoms with Crippen molar-refractivity contribution < 1.29 is 13.9 Å². The van der Waals surface area contributed by atoms with E-state index in [-0.39, 0.29) is 24.6 Å². The van der Waals surface area contributed by atoms with Crippen molar-refractivity contribution in [3.63, 3.8) is 0 Å². The van der Waals surface area contributed by atoms with Crippen LogP contribution in [0.3, 0.4) is 0 Å². The molecule has 4 heterocycles. The van der Waals surface area contributed by atoms with E-state index in [1.807, 2.05) is 53.6 Å². The summed E-state index contributed by atoms with van der Waals surface area (Å²) in [5.41, 5.74) is 3.19. The van der Waals surface area contributed by atoms with Crippen molar-refractivity contribution in [2.24, 2.45) is 0 Å². The normalized spacial score (nSPS) is 17.3. The fraction of sp³-hybridized carbons (Fsp3) is 0.192. The second-order valence-electron chi connectivity index (χ2n) is 8.28. The van der Waals surface area contributed by atoms with Crippen LogP contribution in [0.2, 0.25) is 5.02 Å². The maximum atomic E-state index is 12.0. The standard InChI is InChI=1S/C26H24ClN5O3S/c1-34-16-23(33)29-20-10-9-17(14-19(20)27)32-25(24(30-26(32)36)21-7-2-3-11-28-21)22-8-4-12-31(22)15-18-6-5-13-35-18/h2-14,24-25H,15-16H2,1H3,(H,29,33)(H,30,36). The number of halogens is 1. The Morgan fingerprint density at radius 1 is 1.22 bits per heavy atom. The summed E-state index contributed by atoms with van der Waals surface area (Å²) in [6.45, 7) is 0.519. The lowest BCUT2D eigenvalue weighted by molar-refractivity contribution is -0.119. The van der Waals surface area contributed by atoms with Crippen LogP contribution in [0.5, 0.6) is 0 Å². The van der Waals surface area contributed by atoms with Gasteiger partial charge in [-0.3, -0.25) is 9.78 Å². The lowest BCUT2D eigenvalue weighted by Gasteiger charge is -2.29. The predicted molar refractivity (Wildman–Crippen MR) is 142 cm³/mol. The average Bonchev–Trinajstić information content (AvgIpc) is 3.62. The van der Waals surface area contributed by atoms with E-state index < -0.39 is 0 Å². The molecule has 10 heteroatoms. The zero-order valence-electron chi connectivity index (χ0n) is 19.4. The highest BCUT2D eigenvalue weighted by Gasteiger charge is 2.42. The zero-order chi connectivity index (χ0) is 25.1. The second-order valence-corrected chi connectivity index (χ2v) is 9.08. The molecule has 3 aromatic heterocycles. The largest absolute Gasteiger partial charge is 0.467 e. The van der Waals surface area contributed by atoms with E-state index >= 15 is 0 Å². The van der Waals surface area contributed by atoms with Gasteiger partial charge in [-0.05, 0) is 66.8 Å². The molecular weight excluding hydrogens is 498 g/mol. The number of nitrogens with zero attached hydrogens (tertiary/aromatic N) is 3. The van der Waals surface area contributed by atoms with Crippen LogP contribution in [0.1, 0.15) is 29.2 Å². The van der Waals surface area contributed by atoms with Gasteiger partial charge in [0.15, 0.2) is 5.11 Å². The molecule has 184 valence electrons. The Kier molecular flexibility index (Phi) is 7.04. The highest BCUT2D eigenvalue weighted by molar-refractivity contribution is 7.80. The molecule has 1 fully saturated rings. The third kappa shape index (κ3) is 4.86. The van der Waals surface area contributed by atoms with Crippen LogP contribution in [0.25, 0.3) is 0 Å². The van der Waals surface area contributed by atoms with Crippen molar-refractivity contribution in [2.75, 3.05) is 23.9 Å². The monoisotopic (exact) mass is 521 g/mol. The number of ether oxygens (including phenoxy) is 1. The molecule has 1 aromatic carbocycles. The smallest absolute Gasteiger partial charge is 0.250 e. The average molecular weight is 522 g/mol. The number of carbonyl (C=O) groups excluding carboxylic acids is 1. The number of pyridine rings is 1. The summed E-state index contributed by atoms with van der Waals surface area (Å²) in [5, 5.41) is 7.16. The van der Waals surface area contributed by atoms with Crippen LogP contribution in [-0.2, 0) is 16.1 Å². The summed E-state index contributed by atoms with van der Waals surface area (Å²) in [4.78, 5) is 18.6. The number of furan rings is 1. The van der Waals surface area contributed by atoms with E-state index in [4.69, 9.17) is 33.0 Å². The number of thiocarbonyl (C=S) groups is 1. The minimum absolute atomic E-state index is 0.0568. The molecular formula is C26H24ClN5O3S. The molecule has 2 atom stereocenters. The summed E-state index contributed by atoms with van der Waals surface area (Å²) in [7, 11) is 1.46. The van der Waals surface area contributed by atoms with Gasteiger partial charge in [0, 0.05) is 30.9 Å². The van der Waals surface area contributed by atoms with Crippen molar-refractivity contribution in [2.45, 2.75) is 18.6 Å². The Morgan fingerprint density at radius 3 is 2.83 bits per heavy atom. The molecule has 1 aliphatic heterocycles. The lowest BCUT2D eigenvalue weighted by Crippen LogP contribution is -2.30. The first-order chi connectivity index (χ1) is 17.5. The molecule has 8 nitrogen and oxygen atoms in total. The molecule has 0 aliphatic carbocycles. The fourth-order valence-electron chi connectivity index (χ4n) is 4.42. The van der Waals surface area contributed by atoms with Crippen LogP contribution in [0.15, 0.2) is 83.7 Å². The number of nitrogens with one attached hydrogen (secondary N) is 2. The minimum atomic E-state index is -0.283. The molecule has 0 saturated carbocycles. The predicted octanol–water partition coefficient (Wildman–Crippen LogP) is 4.94. The number of hydrogen-bond acceptors (Lipinski definition) is 5. The maximum absolute atomic E-state index is 12.0. The number of rotatable bonds is 8. The van der Waals surface area contributed by atoms with E-state index in [9.17, 15) is 4.79 Å². The molecule has 36 heavy (non-hydrogen) atoms. The van der Waals surface area contributed by atoms with Crippen LogP contribution >= 0.6 is 23.8 Å². The highest BCUT2D eigenvalue weighted by atomic mass is 35.5. The molecule has 5 rings (SSSR count). The SMILES string of the molecule is COCC(=O)Nc1ccc(N2C(=S)NC(c3ccccn3)C2c2cccn2Cc2ccco2)cc1Cl. The van der Waals surface area contributed by atoms with E-state index in [0.29, 0.717) is 22.4 Å². The molecule has 1 amide bonds. The van der Waals surface area contributed by atoms with E-state index in [1.165, 1.54) is 7.11 Å². The molecule has 2 N–H and O–H groups in total. The first-order valence-corrected chi connectivity index (χ1v) is 12.1. The Morgan fingerprint density at radius 2 is 2.11 bits per heavy atom. The van der Waals surface area contributed by atoms with Gasteiger partial charge in [-0.25, -0.2) is 0 Å². The Balaban J connectivity index is 1.54. The summed E-state index contributed by atoms with van der Waals surface area (Å²) in [6.07, 6.45) is 5.47. The minimum Gasteiger partial charge on any atom is -0.467 e. The molecule has 0 radical (unpaired) electrons. The summed E-state index contributed by atoms with van der Waals surface area (Å²) >= 11 is 12.4. The van der Waals surface area contributed by atoms with Crippen LogP contribution in [0, 0.1) is 0 Å². The van der Waals surface area contributed by atoms with Crippen molar-refractivity contribution in [3.05, 3.63) is 101 Å². The topological polar surface area (TPSA) is 84.6 Å². The number of carbonyl (C=O) groups is 1. The number of benzene rings is 1. The van der Waals surface area contributed by atoms with Crippen molar-refractivity contribution >= 4 is 46.2 Å². The van der Waals surface area contributed by atoms with Gasteiger partial charge in [-0.1, -0.05) is 17.7 Å². The number of anilines is 2. The van der Waals surface area contributed by atoms with Gasteiger partial charge in [-0.2, -0.15) is 0 Å². The van der Waals surface area contributed by atoms with Crippen LogP contribution < -0.4 is 15.5 Å². The molecule has 0 spiro atoms. The van der Waals surface area contributed by atoms with Crippen molar-refractivity contribution in [1.29, 1.82) is 0 Å². The van der Waals surface area contributed by atoms with Crippen molar-refractivity contribution in [1.82, 2.24) is 14.9 Å². The maximum Gasteiger partial charge on any atom is 0.250 e. The first-order valence-electron chi connectivity index (χ1n) is 11.3. The molecule has 0 bridgehead atoms. The third-order valence-electron chi connectivity index (χ3n) is 5.95. The number of hydrogen-bond donors (Lipinski definition) is 2. The van der Waals surface area contributed by atoms with Crippen LogP contribution in [-0.4, -0.2) is 34.3 Å². The second kappa shape index (κ2) is 10.5. The van der Waals surface area contributed by atoms with Gasteiger partial charge in [0.2, 0.25) is 5.91 Å². The number of amides is 1. The number of aromatic nitrogens is 2. The first kappa shape index (κ1) is 24.1. The van der Waals surface area contributed by atoms with E-state index in [0.717, 1.165) is 22.8 Å². The quantitative estimate of drug-likeness (QED) is 0.318. The van der Waals surface area contributed by atoms with Crippen LogP contribution in [0.4, 0.5) is 11.4 Å². The molecule has 1 aliphatic rings. The van der Waals surface area contributed by atoms with Gasteiger partial charge in [0.05, 0.1) is 35.3 Å². The zero-order valence-corrected chi connectivity index (χ0v) is 21.0. The Bertz CT molecular complexity index is 1360. The highest BCUT2D eigenvalue weighted by Crippen LogP contribution is 2.43. The molecule has 4 aromatic rings. The molecule has 2 unspecified atom stereocenters. The summed E-state index contributed by atoms with van der Waals surface area (Å²) in [6, 6.07) is 18.8. The van der Waals surface area contributed by atoms with Gasteiger partial charge in [0.1, 0.15) is 18.4 Å². The van der Waals surface area contributed by atoms with Gasteiger partial charge >= 0.3 is 0 Å². The number of methoxy groups -OCH3 is 1. The summed E-state index contributed by atoms with van der Waals surface area (Å²) in [5.74, 6) is 0.565.